The van der Waals surface area contributed by atoms with E-state index in [2.05, 4.69) is 204 Å². The van der Waals surface area contributed by atoms with Gasteiger partial charge in [0, 0.05) is 27.4 Å². The van der Waals surface area contributed by atoms with E-state index in [9.17, 15) is 0 Å². The van der Waals surface area contributed by atoms with E-state index in [0.717, 1.165) is 22.7 Å². The van der Waals surface area contributed by atoms with Gasteiger partial charge in [-0.25, -0.2) is 0 Å². The lowest BCUT2D eigenvalue weighted by Gasteiger charge is -2.30. The Morgan fingerprint density at radius 3 is 1.78 bits per heavy atom. The quantitative estimate of drug-likeness (QED) is 0.171. The van der Waals surface area contributed by atoms with Crippen molar-refractivity contribution < 1.29 is 0 Å². The zero-order chi connectivity index (χ0) is 33.0. The van der Waals surface area contributed by atoms with Crippen LogP contribution in [0.15, 0.2) is 194 Å². The molecule has 10 aromatic rings. The highest BCUT2D eigenvalue weighted by Crippen LogP contribution is 2.49. The molecule has 0 aliphatic rings. The number of anilines is 3. The minimum atomic E-state index is 1.13. The van der Waals surface area contributed by atoms with Gasteiger partial charge >= 0.3 is 0 Å². The summed E-state index contributed by atoms with van der Waals surface area (Å²) in [6.45, 7) is 0. The fraction of sp³-hybridized carbons (Fsp3) is 0. The first-order chi connectivity index (χ1) is 24.8. The first-order valence-corrected chi connectivity index (χ1v) is 17.2. The molecule has 234 valence electrons. The van der Waals surface area contributed by atoms with Crippen LogP contribution in [0.3, 0.4) is 0 Å². The van der Waals surface area contributed by atoms with Gasteiger partial charge in [-0.05, 0) is 75.0 Å². The Labute approximate surface area is 290 Å². The van der Waals surface area contributed by atoms with Crippen LogP contribution in [0.5, 0.6) is 0 Å². The topological polar surface area (TPSA) is 8.17 Å². The molecule has 0 fully saturated rings. The molecule has 0 saturated heterocycles. The van der Waals surface area contributed by atoms with E-state index in [1.165, 1.54) is 65.3 Å². The summed E-state index contributed by atoms with van der Waals surface area (Å²) in [6.07, 6.45) is 0. The molecule has 0 N–H and O–H groups in total. The van der Waals surface area contributed by atoms with Crippen molar-refractivity contribution >= 4 is 71.2 Å². The average molecular weight is 637 g/mol. The fourth-order valence-corrected chi connectivity index (χ4v) is 8.01. The van der Waals surface area contributed by atoms with Crippen molar-refractivity contribution in [2.75, 3.05) is 4.90 Å². The van der Waals surface area contributed by atoms with Crippen LogP contribution >= 0.6 is 0 Å². The monoisotopic (exact) mass is 636 g/mol. The highest BCUT2D eigenvalue weighted by molar-refractivity contribution is 6.25. The van der Waals surface area contributed by atoms with Gasteiger partial charge in [0.1, 0.15) is 0 Å². The molecule has 2 heteroatoms. The minimum absolute atomic E-state index is 1.13. The molecular formula is C48H32N2. The van der Waals surface area contributed by atoms with E-state index in [4.69, 9.17) is 0 Å². The molecule has 50 heavy (non-hydrogen) atoms. The predicted molar refractivity (Wildman–Crippen MR) is 213 cm³/mol. The van der Waals surface area contributed by atoms with E-state index in [1.807, 2.05) is 0 Å². The number of benzene rings is 9. The zero-order valence-corrected chi connectivity index (χ0v) is 27.4. The molecule has 0 amide bonds. The molecule has 2 nitrogen and oxygen atoms in total. The van der Waals surface area contributed by atoms with Crippen LogP contribution in [0.2, 0.25) is 0 Å². The molecule has 1 heterocycles. The van der Waals surface area contributed by atoms with Crippen molar-refractivity contribution in [2.24, 2.45) is 0 Å². The Balaban J connectivity index is 1.37. The van der Waals surface area contributed by atoms with E-state index in [1.54, 1.807) is 0 Å². The van der Waals surface area contributed by atoms with Crippen molar-refractivity contribution in [2.45, 2.75) is 0 Å². The van der Waals surface area contributed by atoms with Crippen LogP contribution in [-0.2, 0) is 0 Å². The Bertz CT molecular complexity index is 2870. The second-order valence-electron chi connectivity index (χ2n) is 12.9. The van der Waals surface area contributed by atoms with E-state index < -0.39 is 0 Å². The van der Waals surface area contributed by atoms with Crippen molar-refractivity contribution in [1.82, 2.24) is 4.57 Å². The number of para-hydroxylation sites is 3. The number of hydrogen-bond donors (Lipinski definition) is 0. The molecule has 0 atom stereocenters. The second-order valence-corrected chi connectivity index (χ2v) is 12.9. The van der Waals surface area contributed by atoms with Gasteiger partial charge < -0.3 is 9.47 Å². The summed E-state index contributed by atoms with van der Waals surface area (Å²) in [5.74, 6) is 0. The molecule has 0 unspecified atom stereocenters. The standard InChI is InChI=1S/C48H32N2/c1-3-16-33(17-4-1)37-21-11-13-26-42(37)50(46-32-35-31-30-34-18-7-8-22-38(34)47(35)40-24-10-9-23-39(40)46)45-29-15-28-44-48(45)41-25-12-14-27-43(41)49(44)36-19-5-2-6-20-36/h1-32H. The summed E-state index contributed by atoms with van der Waals surface area (Å²) in [6, 6.07) is 70.5. The Kier molecular flexibility index (Phi) is 6.53. The van der Waals surface area contributed by atoms with E-state index in [-0.39, 0.29) is 0 Å². The smallest absolute Gasteiger partial charge is 0.0562 e. The van der Waals surface area contributed by atoms with Crippen LogP contribution in [0.25, 0.3) is 70.9 Å². The number of fused-ring (bicyclic) bond motifs is 8. The van der Waals surface area contributed by atoms with Gasteiger partial charge in [-0.2, -0.15) is 0 Å². The summed E-state index contributed by atoms with van der Waals surface area (Å²) in [4.78, 5) is 2.52. The molecule has 0 aliphatic heterocycles. The van der Waals surface area contributed by atoms with Crippen molar-refractivity contribution in [3.05, 3.63) is 194 Å². The molecule has 0 aliphatic carbocycles. The first kappa shape index (κ1) is 28.4. The summed E-state index contributed by atoms with van der Waals surface area (Å²) in [5, 5.41) is 9.94. The van der Waals surface area contributed by atoms with Crippen molar-refractivity contribution in [3.63, 3.8) is 0 Å². The predicted octanol–water partition coefficient (Wildman–Crippen LogP) is 13.4. The molecule has 0 radical (unpaired) electrons. The molecule has 0 bridgehead atoms. The molecule has 0 spiro atoms. The maximum absolute atomic E-state index is 2.52. The number of rotatable bonds is 5. The van der Waals surface area contributed by atoms with Crippen LogP contribution in [0.4, 0.5) is 17.1 Å². The zero-order valence-electron chi connectivity index (χ0n) is 27.4. The Hall–Kier alpha value is -6.64. The van der Waals surface area contributed by atoms with Crippen molar-refractivity contribution in [1.29, 1.82) is 0 Å². The van der Waals surface area contributed by atoms with Crippen LogP contribution < -0.4 is 4.90 Å². The average Bonchev–Trinajstić information content (AvgIpc) is 3.54. The van der Waals surface area contributed by atoms with Crippen molar-refractivity contribution in [3.8, 4) is 16.8 Å². The molecule has 9 aromatic carbocycles. The minimum Gasteiger partial charge on any atom is -0.309 e. The third-order valence-corrected chi connectivity index (χ3v) is 10.1. The molecule has 0 saturated carbocycles. The number of hydrogen-bond acceptors (Lipinski definition) is 1. The third kappa shape index (κ3) is 4.36. The van der Waals surface area contributed by atoms with Gasteiger partial charge in [0.2, 0.25) is 0 Å². The van der Waals surface area contributed by atoms with Crippen LogP contribution in [-0.4, -0.2) is 4.57 Å². The normalized spacial score (nSPS) is 11.6. The highest BCUT2D eigenvalue weighted by Gasteiger charge is 2.25. The summed E-state index contributed by atoms with van der Waals surface area (Å²) in [5.41, 5.74) is 9.30. The SMILES string of the molecule is c1ccc(-c2ccccc2N(c2cc3ccc4ccccc4c3c3ccccc23)c2cccc3c2c2ccccc2n3-c2ccccc2)cc1. The maximum Gasteiger partial charge on any atom is 0.0562 e. The van der Waals surface area contributed by atoms with Gasteiger partial charge in [0.15, 0.2) is 0 Å². The maximum atomic E-state index is 2.52. The fourth-order valence-electron chi connectivity index (χ4n) is 8.01. The lowest BCUT2D eigenvalue weighted by Crippen LogP contribution is -2.12. The van der Waals surface area contributed by atoms with Crippen LogP contribution in [0, 0.1) is 0 Å². The summed E-state index contributed by atoms with van der Waals surface area (Å²) >= 11 is 0. The second kappa shape index (κ2) is 11.5. The Morgan fingerprint density at radius 1 is 0.340 bits per heavy atom. The lowest BCUT2D eigenvalue weighted by molar-refractivity contribution is 1.18. The van der Waals surface area contributed by atoms with Gasteiger partial charge in [0.25, 0.3) is 0 Å². The molecule has 10 rings (SSSR count). The van der Waals surface area contributed by atoms with Gasteiger partial charge in [-0.15, -0.1) is 0 Å². The van der Waals surface area contributed by atoms with Gasteiger partial charge in [0.05, 0.1) is 28.1 Å². The highest BCUT2D eigenvalue weighted by atomic mass is 15.2. The van der Waals surface area contributed by atoms with Gasteiger partial charge in [-0.1, -0.05) is 152 Å². The third-order valence-electron chi connectivity index (χ3n) is 10.1. The van der Waals surface area contributed by atoms with Crippen LogP contribution in [0.1, 0.15) is 0 Å². The summed E-state index contributed by atoms with van der Waals surface area (Å²) < 4.78 is 2.40. The number of aromatic nitrogens is 1. The largest absolute Gasteiger partial charge is 0.309 e. The first-order valence-electron chi connectivity index (χ1n) is 17.2. The van der Waals surface area contributed by atoms with E-state index >= 15 is 0 Å². The summed E-state index contributed by atoms with van der Waals surface area (Å²) in [7, 11) is 0. The number of nitrogens with zero attached hydrogens (tertiary/aromatic N) is 2. The Morgan fingerprint density at radius 2 is 0.940 bits per heavy atom. The van der Waals surface area contributed by atoms with E-state index in [0.29, 0.717) is 0 Å². The molecule has 1 aromatic heterocycles. The molecular weight excluding hydrogens is 605 g/mol. The van der Waals surface area contributed by atoms with Gasteiger partial charge in [-0.3, -0.25) is 0 Å². The lowest BCUT2D eigenvalue weighted by atomic mass is 9.94.